The van der Waals surface area contributed by atoms with Gasteiger partial charge in [-0.05, 0) is 12.8 Å². The van der Waals surface area contributed by atoms with Crippen molar-refractivity contribution in [1.82, 2.24) is 9.80 Å². The Morgan fingerprint density at radius 1 is 1.37 bits per heavy atom. The van der Waals surface area contributed by atoms with E-state index in [1.807, 2.05) is 0 Å². The molecule has 0 aromatic rings. The zero-order valence-electron chi connectivity index (χ0n) is 11.1. The van der Waals surface area contributed by atoms with Crippen molar-refractivity contribution in [2.45, 2.75) is 31.7 Å². The van der Waals surface area contributed by atoms with Crippen molar-refractivity contribution in [2.24, 2.45) is 0 Å². The number of carboxylic acid groups (broad SMARTS) is 1. The second-order valence-electron chi connectivity index (χ2n) is 4.64. The Kier molecular flexibility index (Phi) is 6.35. The Labute approximate surface area is 113 Å². The number of hydrogen-bond acceptors (Lipinski definition) is 3. The van der Waals surface area contributed by atoms with Crippen molar-refractivity contribution in [1.29, 1.82) is 0 Å². The molecule has 19 heavy (non-hydrogen) atoms. The van der Waals surface area contributed by atoms with Crippen LogP contribution in [0.2, 0.25) is 0 Å². The third-order valence-corrected chi connectivity index (χ3v) is 3.27. The SMILES string of the molecule is C=CCN(CCO)C(=O)N1CCCCCC1C(=O)O. The second-order valence-corrected chi connectivity index (χ2v) is 4.64. The van der Waals surface area contributed by atoms with Crippen LogP contribution in [0.5, 0.6) is 0 Å². The van der Waals surface area contributed by atoms with Crippen LogP contribution in [0.25, 0.3) is 0 Å². The summed E-state index contributed by atoms with van der Waals surface area (Å²) >= 11 is 0. The number of aliphatic carboxylic acids is 1. The van der Waals surface area contributed by atoms with Crippen molar-refractivity contribution >= 4 is 12.0 Å². The second kappa shape index (κ2) is 7.78. The van der Waals surface area contributed by atoms with E-state index in [2.05, 4.69) is 6.58 Å². The summed E-state index contributed by atoms with van der Waals surface area (Å²) in [4.78, 5) is 26.5. The molecular formula is C13H22N2O4. The number of urea groups is 1. The Morgan fingerprint density at radius 2 is 2.11 bits per heavy atom. The van der Waals surface area contributed by atoms with Gasteiger partial charge in [0.1, 0.15) is 6.04 Å². The van der Waals surface area contributed by atoms with Crippen LogP contribution in [0.1, 0.15) is 25.7 Å². The number of carbonyl (C=O) groups is 2. The minimum atomic E-state index is -0.960. The number of rotatable bonds is 5. The topological polar surface area (TPSA) is 81.1 Å². The summed E-state index contributed by atoms with van der Waals surface area (Å²) in [5.74, 6) is -0.960. The van der Waals surface area contributed by atoms with Crippen LogP contribution in [0.15, 0.2) is 12.7 Å². The van der Waals surface area contributed by atoms with Crippen LogP contribution in [0.3, 0.4) is 0 Å². The number of hydrogen-bond donors (Lipinski definition) is 2. The van der Waals surface area contributed by atoms with E-state index in [4.69, 9.17) is 5.11 Å². The first-order valence-electron chi connectivity index (χ1n) is 6.62. The Hall–Kier alpha value is -1.56. The van der Waals surface area contributed by atoms with E-state index >= 15 is 0 Å². The van der Waals surface area contributed by atoms with Crippen molar-refractivity contribution in [3.8, 4) is 0 Å². The molecule has 0 aliphatic carbocycles. The fraction of sp³-hybridized carbons (Fsp3) is 0.692. The lowest BCUT2D eigenvalue weighted by Crippen LogP contribution is -2.51. The molecule has 1 saturated heterocycles. The van der Waals surface area contributed by atoms with E-state index in [-0.39, 0.29) is 19.2 Å². The maximum atomic E-state index is 12.4. The number of likely N-dealkylation sites (tertiary alicyclic amines) is 1. The number of carboxylic acids is 1. The summed E-state index contributed by atoms with van der Waals surface area (Å²) in [6.45, 7) is 4.37. The first kappa shape index (κ1) is 15.5. The van der Waals surface area contributed by atoms with E-state index < -0.39 is 12.0 Å². The quantitative estimate of drug-likeness (QED) is 0.728. The molecular weight excluding hydrogens is 248 g/mol. The zero-order valence-corrected chi connectivity index (χ0v) is 11.1. The van der Waals surface area contributed by atoms with Crippen molar-refractivity contribution in [3.05, 3.63) is 12.7 Å². The number of carbonyl (C=O) groups excluding carboxylic acids is 1. The smallest absolute Gasteiger partial charge is 0.326 e. The normalized spacial score (nSPS) is 19.6. The van der Waals surface area contributed by atoms with Gasteiger partial charge in [-0.1, -0.05) is 18.9 Å². The highest BCUT2D eigenvalue weighted by Crippen LogP contribution is 2.18. The number of aliphatic hydroxyl groups excluding tert-OH is 1. The highest BCUT2D eigenvalue weighted by molar-refractivity contribution is 5.82. The molecule has 1 heterocycles. The average Bonchev–Trinajstić information content (AvgIpc) is 2.63. The molecule has 6 nitrogen and oxygen atoms in total. The summed E-state index contributed by atoms with van der Waals surface area (Å²) in [7, 11) is 0. The van der Waals surface area contributed by atoms with Gasteiger partial charge in [-0.3, -0.25) is 0 Å². The van der Waals surface area contributed by atoms with Crippen LogP contribution in [0.4, 0.5) is 4.79 Å². The molecule has 1 fully saturated rings. The van der Waals surface area contributed by atoms with Crippen LogP contribution in [0, 0.1) is 0 Å². The lowest BCUT2D eigenvalue weighted by Gasteiger charge is -2.32. The largest absolute Gasteiger partial charge is 0.480 e. The van der Waals surface area contributed by atoms with Crippen LogP contribution < -0.4 is 0 Å². The molecule has 2 amide bonds. The van der Waals surface area contributed by atoms with Crippen LogP contribution in [-0.2, 0) is 4.79 Å². The number of nitrogens with zero attached hydrogens (tertiary/aromatic N) is 2. The molecule has 1 aliphatic heterocycles. The third kappa shape index (κ3) is 4.24. The Balaban J connectivity index is 2.83. The summed E-state index contributed by atoms with van der Waals surface area (Å²) in [6, 6.07) is -1.09. The standard InChI is InChI=1S/C13H22N2O4/c1-2-7-14(9-10-16)13(19)15-8-5-3-4-6-11(15)12(17)18/h2,11,16H,1,3-10H2,(H,17,18). The molecule has 2 N–H and O–H groups in total. The van der Waals surface area contributed by atoms with Gasteiger partial charge in [-0.2, -0.15) is 0 Å². The molecule has 0 bridgehead atoms. The number of aliphatic hydroxyl groups is 1. The van der Waals surface area contributed by atoms with Gasteiger partial charge in [-0.15, -0.1) is 6.58 Å². The predicted octanol–water partition coefficient (Wildman–Crippen LogP) is 0.916. The monoisotopic (exact) mass is 270 g/mol. The third-order valence-electron chi connectivity index (χ3n) is 3.27. The van der Waals surface area contributed by atoms with Gasteiger partial charge in [-0.25, -0.2) is 9.59 Å². The molecule has 6 heteroatoms. The van der Waals surface area contributed by atoms with E-state index in [9.17, 15) is 14.7 Å². The summed E-state index contributed by atoms with van der Waals surface area (Å²) in [5, 5.41) is 18.2. The molecule has 0 aromatic heterocycles. The number of amides is 2. The summed E-state index contributed by atoms with van der Waals surface area (Å²) in [6.07, 6.45) is 4.64. The van der Waals surface area contributed by atoms with Gasteiger partial charge in [0.05, 0.1) is 6.61 Å². The highest BCUT2D eigenvalue weighted by atomic mass is 16.4. The van der Waals surface area contributed by atoms with E-state index in [1.165, 1.54) is 9.80 Å². The molecule has 0 aromatic carbocycles. The molecule has 1 atom stereocenters. The van der Waals surface area contributed by atoms with Crippen molar-refractivity contribution < 1.29 is 19.8 Å². The van der Waals surface area contributed by atoms with Crippen molar-refractivity contribution in [2.75, 3.05) is 26.2 Å². The lowest BCUT2D eigenvalue weighted by atomic mass is 10.1. The van der Waals surface area contributed by atoms with Gasteiger partial charge >= 0.3 is 12.0 Å². The maximum Gasteiger partial charge on any atom is 0.326 e. The highest BCUT2D eigenvalue weighted by Gasteiger charge is 2.32. The van der Waals surface area contributed by atoms with Gasteiger partial charge in [0.2, 0.25) is 0 Å². The van der Waals surface area contributed by atoms with Crippen molar-refractivity contribution in [3.63, 3.8) is 0 Å². The molecule has 108 valence electrons. The molecule has 1 rings (SSSR count). The molecule has 1 unspecified atom stereocenters. The molecule has 0 saturated carbocycles. The summed E-state index contributed by atoms with van der Waals surface area (Å²) in [5.41, 5.74) is 0. The Morgan fingerprint density at radius 3 is 2.68 bits per heavy atom. The minimum absolute atomic E-state index is 0.148. The maximum absolute atomic E-state index is 12.4. The zero-order chi connectivity index (χ0) is 14.3. The minimum Gasteiger partial charge on any atom is -0.480 e. The first-order chi connectivity index (χ1) is 9.11. The van der Waals surface area contributed by atoms with E-state index in [0.29, 0.717) is 19.5 Å². The van der Waals surface area contributed by atoms with Gasteiger partial charge in [0.15, 0.2) is 0 Å². The average molecular weight is 270 g/mol. The molecule has 1 aliphatic rings. The van der Waals surface area contributed by atoms with Crippen LogP contribution >= 0.6 is 0 Å². The van der Waals surface area contributed by atoms with Gasteiger partial charge < -0.3 is 20.0 Å². The molecule has 0 radical (unpaired) electrons. The summed E-state index contributed by atoms with van der Waals surface area (Å²) < 4.78 is 0. The lowest BCUT2D eigenvalue weighted by molar-refractivity contribution is -0.142. The predicted molar refractivity (Wildman–Crippen MR) is 70.8 cm³/mol. The van der Waals surface area contributed by atoms with E-state index in [1.54, 1.807) is 6.08 Å². The van der Waals surface area contributed by atoms with E-state index in [0.717, 1.165) is 19.3 Å². The van der Waals surface area contributed by atoms with Gasteiger partial charge in [0.25, 0.3) is 0 Å². The Bertz CT molecular complexity index is 333. The fourth-order valence-electron chi connectivity index (χ4n) is 2.32. The molecule has 0 spiro atoms. The van der Waals surface area contributed by atoms with Gasteiger partial charge in [0, 0.05) is 19.6 Å². The fourth-order valence-corrected chi connectivity index (χ4v) is 2.32. The first-order valence-corrected chi connectivity index (χ1v) is 6.62. The van der Waals surface area contributed by atoms with Crippen LogP contribution in [-0.4, -0.2) is 64.3 Å².